The monoisotopic (exact) mass is 289 g/mol. The Bertz CT molecular complexity index is 709. The van der Waals surface area contributed by atoms with Crippen LogP contribution in [-0.4, -0.2) is 41.6 Å². The second-order valence-electron chi connectivity index (χ2n) is 4.95. The number of aromatic nitrogens is 1. The van der Waals surface area contributed by atoms with E-state index in [0.717, 1.165) is 12.8 Å². The lowest BCUT2D eigenvalue weighted by atomic mass is 10.2. The van der Waals surface area contributed by atoms with Crippen LogP contribution in [0.25, 0.3) is 11.1 Å². The topological polar surface area (TPSA) is 95.7 Å². The van der Waals surface area contributed by atoms with Gasteiger partial charge in [-0.05, 0) is 31.0 Å². The van der Waals surface area contributed by atoms with E-state index in [9.17, 15) is 9.59 Å². The summed E-state index contributed by atoms with van der Waals surface area (Å²) >= 11 is 0. The van der Waals surface area contributed by atoms with Gasteiger partial charge < -0.3 is 19.7 Å². The van der Waals surface area contributed by atoms with Crippen LogP contribution in [0.15, 0.2) is 22.6 Å². The third-order valence-electron chi connectivity index (χ3n) is 3.67. The first-order valence-corrected chi connectivity index (χ1v) is 6.72. The molecule has 3 rings (SSSR count). The number of nitrogens with one attached hydrogen (secondary N) is 1. The van der Waals surface area contributed by atoms with Crippen LogP contribution in [0.1, 0.15) is 23.2 Å². The molecule has 2 N–H and O–H groups in total. The molecule has 0 spiro atoms. The fourth-order valence-electron chi connectivity index (χ4n) is 2.60. The molecule has 110 valence electrons. The van der Waals surface area contributed by atoms with Crippen molar-refractivity contribution in [1.29, 1.82) is 0 Å². The van der Waals surface area contributed by atoms with Crippen molar-refractivity contribution in [3.63, 3.8) is 0 Å². The molecule has 1 aromatic heterocycles. The van der Waals surface area contributed by atoms with Crippen molar-refractivity contribution in [2.75, 3.05) is 18.5 Å². The second-order valence-corrected chi connectivity index (χ2v) is 4.95. The van der Waals surface area contributed by atoms with Crippen LogP contribution in [0, 0.1) is 0 Å². The number of rotatable bonds is 3. The molecule has 0 saturated carbocycles. The van der Waals surface area contributed by atoms with Crippen molar-refractivity contribution in [3.05, 3.63) is 23.8 Å². The van der Waals surface area contributed by atoms with E-state index < -0.39 is 5.97 Å². The summed E-state index contributed by atoms with van der Waals surface area (Å²) in [5.74, 6) is -1.08. The lowest BCUT2D eigenvalue weighted by molar-refractivity contribution is -0.121. The molecular weight excluding hydrogens is 274 g/mol. The zero-order chi connectivity index (χ0) is 15.0. The van der Waals surface area contributed by atoms with E-state index in [1.165, 1.54) is 12.1 Å². The molecule has 7 heteroatoms. The smallest absolute Gasteiger partial charge is 0.335 e. The zero-order valence-electron chi connectivity index (χ0n) is 11.5. The Morgan fingerprint density at radius 3 is 3.00 bits per heavy atom. The van der Waals surface area contributed by atoms with Crippen molar-refractivity contribution in [2.24, 2.45) is 0 Å². The van der Waals surface area contributed by atoms with Crippen LogP contribution in [-0.2, 0) is 4.79 Å². The first-order valence-electron chi connectivity index (χ1n) is 6.72. The van der Waals surface area contributed by atoms with E-state index in [1.807, 2.05) is 4.90 Å². The van der Waals surface area contributed by atoms with E-state index in [1.54, 1.807) is 13.1 Å². The number of oxazole rings is 1. The van der Waals surface area contributed by atoms with Gasteiger partial charge in [0.25, 0.3) is 6.01 Å². The normalized spacial score (nSPS) is 18.1. The number of carbonyl (C=O) groups excluding carboxylic acids is 1. The van der Waals surface area contributed by atoms with Crippen LogP contribution in [0.3, 0.4) is 0 Å². The molecule has 1 aromatic carbocycles. The maximum Gasteiger partial charge on any atom is 0.335 e. The number of fused-ring (bicyclic) bond motifs is 1. The van der Waals surface area contributed by atoms with Crippen LogP contribution < -0.4 is 10.2 Å². The third-order valence-corrected chi connectivity index (χ3v) is 3.67. The Kier molecular flexibility index (Phi) is 3.25. The summed E-state index contributed by atoms with van der Waals surface area (Å²) in [6.45, 7) is 0.691. The van der Waals surface area contributed by atoms with E-state index in [0.29, 0.717) is 23.7 Å². The highest BCUT2D eigenvalue weighted by Crippen LogP contribution is 2.28. The van der Waals surface area contributed by atoms with Crippen molar-refractivity contribution < 1.29 is 19.1 Å². The lowest BCUT2D eigenvalue weighted by Gasteiger charge is -2.20. The Hall–Kier alpha value is -2.57. The third kappa shape index (κ3) is 2.31. The molecule has 7 nitrogen and oxygen atoms in total. The summed E-state index contributed by atoms with van der Waals surface area (Å²) in [4.78, 5) is 29.0. The van der Waals surface area contributed by atoms with Gasteiger partial charge in [-0.15, -0.1) is 0 Å². The minimum atomic E-state index is -1.01. The number of amides is 1. The summed E-state index contributed by atoms with van der Waals surface area (Å²) in [5, 5.41) is 11.6. The average Bonchev–Trinajstić information content (AvgIpc) is 3.11. The summed E-state index contributed by atoms with van der Waals surface area (Å²) in [6.07, 6.45) is 1.63. The quantitative estimate of drug-likeness (QED) is 0.882. The number of nitrogens with zero attached hydrogens (tertiary/aromatic N) is 2. The molecule has 1 aliphatic heterocycles. The number of anilines is 1. The predicted octanol–water partition coefficient (Wildman–Crippen LogP) is 1.24. The fraction of sp³-hybridized carbons (Fsp3) is 0.357. The number of hydrogen-bond donors (Lipinski definition) is 2. The number of carbonyl (C=O) groups is 2. The molecular formula is C14H15N3O4. The predicted molar refractivity (Wildman–Crippen MR) is 75.4 cm³/mol. The first-order chi connectivity index (χ1) is 10.1. The number of hydrogen-bond acceptors (Lipinski definition) is 5. The van der Waals surface area contributed by atoms with Gasteiger partial charge in [-0.1, -0.05) is 0 Å². The van der Waals surface area contributed by atoms with Gasteiger partial charge in [0.2, 0.25) is 5.91 Å². The molecule has 2 aromatic rings. The molecule has 21 heavy (non-hydrogen) atoms. The SMILES string of the molecule is CNC(=O)C1CCCN1c1nc2ccc(C(=O)O)cc2o1. The maximum absolute atomic E-state index is 11.9. The highest BCUT2D eigenvalue weighted by atomic mass is 16.4. The molecule has 1 atom stereocenters. The van der Waals surface area contributed by atoms with Gasteiger partial charge in [-0.25, -0.2) is 4.79 Å². The number of carboxylic acid groups (broad SMARTS) is 1. The fourth-order valence-corrected chi connectivity index (χ4v) is 2.60. The van der Waals surface area contributed by atoms with Crippen LogP contribution in [0.4, 0.5) is 6.01 Å². The highest BCUT2D eigenvalue weighted by Gasteiger charge is 2.33. The van der Waals surface area contributed by atoms with Crippen LogP contribution in [0.5, 0.6) is 0 Å². The van der Waals surface area contributed by atoms with Gasteiger partial charge in [0.1, 0.15) is 11.6 Å². The average molecular weight is 289 g/mol. The van der Waals surface area contributed by atoms with Crippen molar-refractivity contribution in [2.45, 2.75) is 18.9 Å². The molecule has 1 amide bonds. The number of likely N-dealkylation sites (N-methyl/N-ethyl adjacent to an activating group) is 1. The molecule has 1 saturated heterocycles. The lowest BCUT2D eigenvalue weighted by Crippen LogP contribution is -2.42. The number of benzene rings is 1. The molecule has 0 aliphatic carbocycles. The number of aromatic carboxylic acids is 1. The summed E-state index contributed by atoms with van der Waals surface area (Å²) in [7, 11) is 1.60. The van der Waals surface area contributed by atoms with Gasteiger partial charge in [-0.3, -0.25) is 4.79 Å². The minimum Gasteiger partial charge on any atom is -0.478 e. The van der Waals surface area contributed by atoms with Crippen molar-refractivity contribution in [1.82, 2.24) is 10.3 Å². The van der Waals surface area contributed by atoms with Crippen molar-refractivity contribution >= 4 is 29.0 Å². The number of carboxylic acids is 1. The molecule has 2 heterocycles. The molecule has 1 fully saturated rings. The summed E-state index contributed by atoms with van der Waals surface area (Å²) in [5.41, 5.74) is 1.14. The Balaban J connectivity index is 1.97. The van der Waals surface area contributed by atoms with E-state index >= 15 is 0 Å². The molecule has 1 unspecified atom stereocenters. The Morgan fingerprint density at radius 1 is 1.48 bits per heavy atom. The van der Waals surface area contributed by atoms with E-state index in [-0.39, 0.29) is 17.5 Å². The summed E-state index contributed by atoms with van der Waals surface area (Å²) in [6, 6.07) is 4.60. The molecule has 0 bridgehead atoms. The Labute approximate surface area is 120 Å². The van der Waals surface area contributed by atoms with Crippen LogP contribution in [0.2, 0.25) is 0 Å². The van der Waals surface area contributed by atoms with Gasteiger partial charge in [-0.2, -0.15) is 4.98 Å². The standard InChI is InChI=1S/C14H15N3O4/c1-15-12(18)10-3-2-6-17(10)14-16-9-5-4-8(13(19)20)7-11(9)21-14/h4-5,7,10H,2-3,6H2,1H3,(H,15,18)(H,19,20). The maximum atomic E-state index is 11.9. The largest absolute Gasteiger partial charge is 0.478 e. The first kappa shape index (κ1) is 13.4. The van der Waals surface area contributed by atoms with Gasteiger partial charge >= 0.3 is 5.97 Å². The van der Waals surface area contributed by atoms with Crippen molar-refractivity contribution in [3.8, 4) is 0 Å². The molecule has 0 radical (unpaired) electrons. The highest BCUT2D eigenvalue weighted by molar-refractivity contribution is 5.92. The Morgan fingerprint density at radius 2 is 2.29 bits per heavy atom. The van der Waals surface area contributed by atoms with E-state index in [4.69, 9.17) is 9.52 Å². The van der Waals surface area contributed by atoms with E-state index in [2.05, 4.69) is 10.3 Å². The summed E-state index contributed by atoms with van der Waals surface area (Å²) < 4.78 is 5.64. The van der Waals surface area contributed by atoms with Gasteiger partial charge in [0.05, 0.1) is 5.56 Å². The van der Waals surface area contributed by atoms with Gasteiger partial charge in [0.15, 0.2) is 5.58 Å². The van der Waals surface area contributed by atoms with Gasteiger partial charge in [0, 0.05) is 13.6 Å². The zero-order valence-corrected chi connectivity index (χ0v) is 11.5. The minimum absolute atomic E-state index is 0.0685. The molecule has 1 aliphatic rings. The van der Waals surface area contributed by atoms with Crippen LogP contribution >= 0.6 is 0 Å². The second kappa shape index (κ2) is 5.08.